The number of aromatic nitrogens is 1. The Labute approximate surface area is 178 Å². The molecule has 30 heavy (non-hydrogen) atoms. The molecule has 3 aromatic rings. The van der Waals surface area contributed by atoms with Crippen molar-refractivity contribution in [3.63, 3.8) is 0 Å². The normalized spacial score (nSPS) is 15.4. The van der Waals surface area contributed by atoms with Crippen LogP contribution in [0.3, 0.4) is 0 Å². The van der Waals surface area contributed by atoms with Gasteiger partial charge < -0.3 is 19.5 Å². The molecule has 2 aromatic carbocycles. The molecule has 0 spiro atoms. The van der Waals surface area contributed by atoms with Crippen molar-refractivity contribution < 1.29 is 9.53 Å². The highest BCUT2D eigenvalue weighted by Gasteiger charge is 2.14. The summed E-state index contributed by atoms with van der Waals surface area (Å²) in [4.78, 5) is 17.4. The number of benzene rings is 2. The summed E-state index contributed by atoms with van der Waals surface area (Å²) in [6.07, 6.45) is 1.94. The van der Waals surface area contributed by atoms with Gasteiger partial charge in [-0.15, -0.1) is 0 Å². The number of fused-ring (bicyclic) bond motifs is 1. The second-order valence-electron chi connectivity index (χ2n) is 8.04. The summed E-state index contributed by atoms with van der Waals surface area (Å²) in [7, 11) is 3.83. The number of rotatable bonds is 7. The van der Waals surface area contributed by atoms with Crippen molar-refractivity contribution in [1.29, 1.82) is 0 Å². The van der Waals surface area contributed by atoms with Crippen molar-refractivity contribution >= 4 is 16.8 Å². The number of ether oxygens (including phenoxy) is 1. The zero-order chi connectivity index (χ0) is 20.9. The molecule has 6 nitrogen and oxygen atoms in total. The highest BCUT2D eigenvalue weighted by atomic mass is 16.5. The van der Waals surface area contributed by atoms with E-state index in [0.29, 0.717) is 13.1 Å². The molecule has 158 valence electrons. The maximum Gasteiger partial charge on any atom is 0.240 e. The van der Waals surface area contributed by atoms with Crippen LogP contribution in [0, 0.1) is 0 Å². The maximum atomic E-state index is 12.5. The lowest BCUT2D eigenvalue weighted by Crippen LogP contribution is -2.43. The summed E-state index contributed by atoms with van der Waals surface area (Å²) in [5.74, 6) is 0.828. The number of methoxy groups -OCH3 is 1. The van der Waals surface area contributed by atoms with Crippen LogP contribution in [0.25, 0.3) is 10.9 Å². The van der Waals surface area contributed by atoms with Crippen LogP contribution in [-0.4, -0.2) is 60.6 Å². The number of likely N-dealkylation sites (N-methyl/N-ethyl adjacent to an activating group) is 1. The average molecular weight is 407 g/mol. The highest BCUT2D eigenvalue weighted by molar-refractivity contribution is 5.84. The molecule has 0 saturated carbocycles. The molecule has 1 amide bonds. The monoisotopic (exact) mass is 406 g/mol. The number of nitrogens with one attached hydrogen (secondary N) is 1. The second-order valence-corrected chi connectivity index (χ2v) is 8.04. The van der Waals surface area contributed by atoms with E-state index < -0.39 is 0 Å². The Morgan fingerprint density at radius 3 is 2.63 bits per heavy atom. The summed E-state index contributed by atoms with van der Waals surface area (Å²) in [6, 6.07) is 16.4. The Balaban J connectivity index is 1.32. The van der Waals surface area contributed by atoms with E-state index in [-0.39, 0.29) is 5.91 Å². The van der Waals surface area contributed by atoms with Gasteiger partial charge in [-0.2, -0.15) is 0 Å². The zero-order valence-corrected chi connectivity index (χ0v) is 17.8. The van der Waals surface area contributed by atoms with Crippen molar-refractivity contribution in [2.24, 2.45) is 0 Å². The van der Waals surface area contributed by atoms with Crippen molar-refractivity contribution in [2.75, 3.05) is 40.3 Å². The van der Waals surface area contributed by atoms with Crippen LogP contribution in [-0.2, 0) is 24.4 Å². The molecular formula is C24H30N4O2. The zero-order valence-electron chi connectivity index (χ0n) is 17.8. The lowest BCUT2D eigenvalue weighted by Gasteiger charge is -2.32. The van der Waals surface area contributed by atoms with Crippen LogP contribution in [0.5, 0.6) is 5.75 Å². The molecule has 1 aliphatic rings. The maximum absolute atomic E-state index is 12.5. The van der Waals surface area contributed by atoms with Crippen molar-refractivity contribution in [3.8, 4) is 5.75 Å². The van der Waals surface area contributed by atoms with E-state index in [0.717, 1.165) is 54.9 Å². The SMILES string of the molecule is COc1ccc2c(ccn2CC(=O)NCc2cccc(CN3CCN(C)CC3)c2)c1. The van der Waals surface area contributed by atoms with Crippen LogP contribution in [0.15, 0.2) is 54.7 Å². The smallest absolute Gasteiger partial charge is 0.240 e. The molecule has 2 heterocycles. The molecular weight excluding hydrogens is 376 g/mol. The fourth-order valence-corrected chi connectivity index (χ4v) is 3.96. The van der Waals surface area contributed by atoms with E-state index in [9.17, 15) is 4.79 Å². The predicted octanol–water partition coefficient (Wildman–Crippen LogP) is 2.71. The Bertz CT molecular complexity index is 1010. The van der Waals surface area contributed by atoms with E-state index in [2.05, 4.69) is 46.4 Å². The predicted molar refractivity (Wildman–Crippen MR) is 120 cm³/mol. The Hall–Kier alpha value is -2.83. The standard InChI is InChI=1S/C24H30N4O2/c1-26-10-12-27(13-11-26)17-20-5-3-4-19(14-20)16-25-24(29)18-28-9-8-21-15-22(30-2)6-7-23(21)28/h3-9,14-15H,10-13,16-18H2,1-2H3,(H,25,29). The summed E-state index contributed by atoms with van der Waals surface area (Å²) in [5, 5.41) is 4.12. The Morgan fingerprint density at radius 2 is 1.83 bits per heavy atom. The van der Waals surface area contributed by atoms with Gasteiger partial charge in [-0.1, -0.05) is 24.3 Å². The van der Waals surface area contributed by atoms with Crippen molar-refractivity contribution in [2.45, 2.75) is 19.6 Å². The molecule has 0 unspecified atom stereocenters. The van der Waals surface area contributed by atoms with Crippen LogP contribution >= 0.6 is 0 Å². The third kappa shape index (κ3) is 5.01. The van der Waals surface area contributed by atoms with Gasteiger partial charge in [0.05, 0.1) is 7.11 Å². The number of carbonyl (C=O) groups excluding carboxylic acids is 1. The average Bonchev–Trinajstić information content (AvgIpc) is 3.16. The quantitative estimate of drug-likeness (QED) is 0.656. The van der Waals surface area contributed by atoms with E-state index in [4.69, 9.17) is 4.74 Å². The second kappa shape index (κ2) is 9.32. The molecule has 0 atom stereocenters. The molecule has 1 aromatic heterocycles. The lowest BCUT2D eigenvalue weighted by molar-refractivity contribution is -0.121. The third-order valence-electron chi connectivity index (χ3n) is 5.78. The largest absolute Gasteiger partial charge is 0.497 e. The molecule has 0 radical (unpaired) electrons. The number of nitrogens with zero attached hydrogens (tertiary/aromatic N) is 3. The van der Waals surface area contributed by atoms with E-state index >= 15 is 0 Å². The number of hydrogen-bond donors (Lipinski definition) is 1. The molecule has 1 saturated heterocycles. The van der Waals surface area contributed by atoms with Crippen LogP contribution in [0.4, 0.5) is 0 Å². The van der Waals surface area contributed by atoms with Crippen LogP contribution in [0.2, 0.25) is 0 Å². The first kappa shape index (κ1) is 20.4. The van der Waals surface area contributed by atoms with Crippen molar-refractivity contribution in [1.82, 2.24) is 19.7 Å². The fraction of sp³-hybridized carbons (Fsp3) is 0.375. The van der Waals surface area contributed by atoms with Gasteiger partial charge in [0.25, 0.3) is 0 Å². The molecule has 6 heteroatoms. The molecule has 4 rings (SSSR count). The number of amides is 1. The summed E-state index contributed by atoms with van der Waals surface area (Å²) >= 11 is 0. The molecule has 1 fully saturated rings. The number of piperazine rings is 1. The van der Waals surface area contributed by atoms with Gasteiger partial charge in [-0.3, -0.25) is 9.69 Å². The van der Waals surface area contributed by atoms with Gasteiger partial charge in [0.15, 0.2) is 0 Å². The minimum Gasteiger partial charge on any atom is -0.497 e. The van der Waals surface area contributed by atoms with Gasteiger partial charge in [0, 0.05) is 56.4 Å². The summed E-state index contributed by atoms with van der Waals surface area (Å²) in [6.45, 7) is 6.27. The minimum atomic E-state index is 0.00721. The number of hydrogen-bond acceptors (Lipinski definition) is 4. The van der Waals surface area contributed by atoms with E-state index in [1.165, 1.54) is 5.56 Å². The van der Waals surface area contributed by atoms with E-state index in [1.54, 1.807) is 7.11 Å². The molecule has 0 aliphatic carbocycles. The summed E-state index contributed by atoms with van der Waals surface area (Å²) in [5.41, 5.74) is 3.47. The van der Waals surface area contributed by atoms with Crippen LogP contribution < -0.4 is 10.1 Å². The third-order valence-corrected chi connectivity index (χ3v) is 5.78. The first-order valence-corrected chi connectivity index (χ1v) is 10.5. The lowest BCUT2D eigenvalue weighted by atomic mass is 10.1. The molecule has 1 N–H and O–H groups in total. The fourth-order valence-electron chi connectivity index (χ4n) is 3.96. The van der Waals surface area contributed by atoms with E-state index in [1.807, 2.05) is 35.0 Å². The molecule has 0 bridgehead atoms. The van der Waals surface area contributed by atoms with Crippen LogP contribution in [0.1, 0.15) is 11.1 Å². The van der Waals surface area contributed by atoms with Gasteiger partial charge in [0.1, 0.15) is 12.3 Å². The number of carbonyl (C=O) groups is 1. The van der Waals surface area contributed by atoms with Crippen molar-refractivity contribution in [3.05, 3.63) is 65.9 Å². The Morgan fingerprint density at radius 1 is 1.03 bits per heavy atom. The van der Waals surface area contributed by atoms with Gasteiger partial charge in [0.2, 0.25) is 5.91 Å². The molecule has 1 aliphatic heterocycles. The van der Waals surface area contributed by atoms with Gasteiger partial charge in [-0.05, 0) is 42.4 Å². The summed E-state index contributed by atoms with van der Waals surface area (Å²) < 4.78 is 7.23. The highest BCUT2D eigenvalue weighted by Crippen LogP contribution is 2.21. The Kier molecular flexibility index (Phi) is 6.35. The van der Waals surface area contributed by atoms with Gasteiger partial charge in [-0.25, -0.2) is 0 Å². The van der Waals surface area contributed by atoms with Gasteiger partial charge >= 0.3 is 0 Å². The first-order chi connectivity index (χ1) is 14.6. The topological polar surface area (TPSA) is 49.7 Å². The minimum absolute atomic E-state index is 0.00721. The first-order valence-electron chi connectivity index (χ1n) is 10.5.